The number of nitrogens with two attached hydrogens (primary N) is 1. The van der Waals surface area contributed by atoms with Crippen LogP contribution in [0.2, 0.25) is 0 Å². The maximum Gasteiger partial charge on any atom is 0.326 e. The number of carbonyl (C=O) groups is 3. The zero-order valence-electron chi connectivity index (χ0n) is 17.1. The minimum absolute atomic E-state index is 0.0120. The molecular formula is C19H20AlN7O5. The van der Waals surface area contributed by atoms with Crippen LogP contribution in [0.5, 0.6) is 0 Å². The molecule has 0 aliphatic rings. The maximum absolute atomic E-state index is 12.3. The first-order valence-electron chi connectivity index (χ1n) is 9.61. The van der Waals surface area contributed by atoms with E-state index in [1.807, 2.05) is 0 Å². The molecule has 1 atom stereocenters. The van der Waals surface area contributed by atoms with Gasteiger partial charge in [-0.3, -0.25) is 14.6 Å². The fourth-order valence-corrected chi connectivity index (χ4v) is 3.12. The number of aliphatic carboxylic acids is 1. The van der Waals surface area contributed by atoms with Crippen molar-refractivity contribution < 1.29 is 19.5 Å². The number of H-pyrrole nitrogens is 1. The van der Waals surface area contributed by atoms with Crippen LogP contribution in [0.15, 0.2) is 35.3 Å². The molecule has 0 aliphatic heterocycles. The number of carbonyl (C=O) groups excluding carboxylic acids is 2. The van der Waals surface area contributed by atoms with E-state index in [1.54, 1.807) is 12.1 Å². The van der Waals surface area contributed by atoms with Gasteiger partial charge in [-0.25, -0.2) is 14.8 Å². The number of carboxylic acid groups (broad SMARTS) is 1. The van der Waals surface area contributed by atoms with E-state index in [-0.39, 0.29) is 46.7 Å². The van der Waals surface area contributed by atoms with Gasteiger partial charge in [-0.05, 0) is 37.1 Å². The van der Waals surface area contributed by atoms with Crippen molar-refractivity contribution in [1.29, 1.82) is 0 Å². The molecule has 13 heteroatoms. The van der Waals surface area contributed by atoms with Gasteiger partial charge in [0.1, 0.15) is 6.04 Å². The highest BCUT2D eigenvalue weighted by Gasteiger charge is 2.20. The zero-order chi connectivity index (χ0) is 23.3. The summed E-state index contributed by atoms with van der Waals surface area (Å²) in [5, 5.41) is 14.8. The molecule has 3 aromatic rings. The molecule has 164 valence electrons. The van der Waals surface area contributed by atoms with E-state index in [0.717, 1.165) is 0 Å². The molecule has 6 N–H and O–H groups in total. The smallest absolute Gasteiger partial charge is 0.326 e. The second kappa shape index (κ2) is 9.99. The average Bonchev–Trinajstić information content (AvgIpc) is 2.75. The lowest BCUT2D eigenvalue weighted by Gasteiger charge is -2.14. The highest BCUT2D eigenvalue weighted by Crippen LogP contribution is 2.12. The van der Waals surface area contributed by atoms with E-state index in [4.69, 9.17) is 5.73 Å². The first-order valence-corrected chi connectivity index (χ1v) is 10.6. The van der Waals surface area contributed by atoms with Crippen molar-refractivity contribution in [2.24, 2.45) is 0 Å². The lowest BCUT2D eigenvalue weighted by atomic mass is 10.1. The molecule has 32 heavy (non-hydrogen) atoms. The Bertz CT molecular complexity index is 1230. The lowest BCUT2D eigenvalue weighted by molar-refractivity contribution is -0.139. The summed E-state index contributed by atoms with van der Waals surface area (Å²) in [7, 11) is 0. The summed E-state index contributed by atoms with van der Waals surface area (Å²) < 4.78 is -0.0120. The Kier molecular flexibility index (Phi) is 7.14. The monoisotopic (exact) mass is 453 g/mol. The molecule has 0 aliphatic carbocycles. The molecular weight excluding hydrogens is 433 g/mol. The van der Waals surface area contributed by atoms with Gasteiger partial charge in [0.2, 0.25) is 5.95 Å². The number of aromatic nitrogens is 4. The largest absolute Gasteiger partial charge is 0.480 e. The third kappa shape index (κ3) is 5.87. The SMILES string of the molecule is Nc1nc2ncc(CNc3ccc(C(=O)NC(CC[C](=O)[AlH2])C(=O)O)cc3)nc2c(=O)[nH]1. The van der Waals surface area contributed by atoms with Crippen molar-refractivity contribution in [2.75, 3.05) is 11.1 Å². The summed E-state index contributed by atoms with van der Waals surface area (Å²) >= 11 is 0.344. The lowest BCUT2D eigenvalue weighted by Crippen LogP contribution is -2.41. The number of carboxylic acids is 1. The Hall–Kier alpha value is -3.82. The quantitative estimate of drug-likeness (QED) is 0.252. The van der Waals surface area contributed by atoms with Gasteiger partial charge < -0.3 is 26.3 Å². The Morgan fingerprint density at radius 2 is 1.91 bits per heavy atom. The van der Waals surface area contributed by atoms with Crippen molar-refractivity contribution in [3.05, 3.63) is 52.1 Å². The topological polar surface area (TPSA) is 193 Å². The van der Waals surface area contributed by atoms with E-state index >= 15 is 0 Å². The van der Waals surface area contributed by atoms with Crippen molar-refractivity contribution in [2.45, 2.75) is 25.4 Å². The summed E-state index contributed by atoms with van der Waals surface area (Å²) in [5.74, 6) is -1.77. The molecule has 0 saturated heterocycles. The van der Waals surface area contributed by atoms with Gasteiger partial charge in [-0.2, -0.15) is 4.98 Å². The van der Waals surface area contributed by atoms with Gasteiger partial charge in [0.15, 0.2) is 11.2 Å². The molecule has 2 heterocycles. The molecule has 0 saturated carbocycles. The van der Waals surface area contributed by atoms with Crippen LogP contribution in [-0.4, -0.2) is 63.9 Å². The van der Waals surface area contributed by atoms with E-state index in [0.29, 0.717) is 27.7 Å². The Balaban J connectivity index is 1.62. The zero-order valence-corrected chi connectivity index (χ0v) is 19.1. The number of anilines is 2. The molecule has 1 aromatic carbocycles. The number of nitrogens with zero attached hydrogens (tertiary/aromatic N) is 3. The summed E-state index contributed by atoms with van der Waals surface area (Å²) in [6.07, 6.45) is 1.65. The standard InChI is InChI=1S/C19H18N7O5.Al.2H/c20-19-25-15-14(17(29)26-19)23-12(9-22-15)8-21-11-5-3-10(4-6-11)16(28)24-13(18(30)31)2-1-7-27;;;/h3-6,9,13,21H,1-2,8H2,(H,24,28)(H,30,31)(H3,20,22,25,26,29);;;. The predicted molar refractivity (Wildman–Crippen MR) is 118 cm³/mol. The highest BCUT2D eigenvalue weighted by molar-refractivity contribution is 6.57. The number of nitrogen functional groups attached to an aromatic ring is 1. The fraction of sp³-hybridized carbons (Fsp3) is 0.211. The number of rotatable bonds is 9. The molecule has 0 radical (unpaired) electrons. The van der Waals surface area contributed by atoms with Crippen LogP contribution in [0.4, 0.5) is 11.6 Å². The molecule has 0 spiro atoms. The molecule has 0 bridgehead atoms. The molecule has 3 rings (SSSR count). The molecule has 12 nitrogen and oxygen atoms in total. The summed E-state index contributed by atoms with van der Waals surface area (Å²) in [6.45, 7) is 0.258. The second-order valence-corrected chi connectivity index (χ2v) is 8.14. The Labute approximate surface area is 189 Å². The number of amides is 1. The number of aromatic amines is 1. The van der Waals surface area contributed by atoms with E-state index in [9.17, 15) is 24.3 Å². The summed E-state index contributed by atoms with van der Waals surface area (Å²) in [5.41, 5.74) is 6.66. The highest BCUT2D eigenvalue weighted by atomic mass is 27.0. The summed E-state index contributed by atoms with van der Waals surface area (Å²) in [6, 6.07) is 5.25. The maximum atomic E-state index is 12.3. The fourth-order valence-electron chi connectivity index (χ4n) is 2.83. The average molecular weight is 453 g/mol. The van der Waals surface area contributed by atoms with Crippen LogP contribution >= 0.6 is 0 Å². The predicted octanol–water partition coefficient (Wildman–Crippen LogP) is -0.970. The van der Waals surface area contributed by atoms with Crippen LogP contribution in [0.1, 0.15) is 28.9 Å². The van der Waals surface area contributed by atoms with Gasteiger partial charge in [0, 0.05) is 15.9 Å². The first kappa shape index (κ1) is 22.9. The van der Waals surface area contributed by atoms with Gasteiger partial charge in [-0.15, -0.1) is 0 Å². The number of benzene rings is 1. The van der Waals surface area contributed by atoms with Gasteiger partial charge >= 0.3 is 22.3 Å². The minimum atomic E-state index is -1.19. The molecule has 1 unspecified atom stereocenters. The van der Waals surface area contributed by atoms with Crippen molar-refractivity contribution in [3.63, 3.8) is 0 Å². The third-order valence-electron chi connectivity index (χ3n) is 4.50. The molecule has 0 fully saturated rings. The van der Waals surface area contributed by atoms with Gasteiger partial charge in [0.25, 0.3) is 11.5 Å². The van der Waals surface area contributed by atoms with Crippen LogP contribution in [0.3, 0.4) is 0 Å². The third-order valence-corrected chi connectivity index (χ3v) is 5.00. The number of nitrogens with one attached hydrogen (secondary N) is 3. The van der Waals surface area contributed by atoms with Crippen LogP contribution in [-0.2, 0) is 16.1 Å². The van der Waals surface area contributed by atoms with Gasteiger partial charge in [-0.1, -0.05) is 0 Å². The Morgan fingerprint density at radius 3 is 2.56 bits per heavy atom. The van der Waals surface area contributed by atoms with E-state index < -0.39 is 23.5 Å². The van der Waals surface area contributed by atoms with Crippen molar-refractivity contribution in [1.82, 2.24) is 25.3 Å². The van der Waals surface area contributed by atoms with E-state index in [2.05, 4.69) is 30.6 Å². The van der Waals surface area contributed by atoms with Crippen LogP contribution in [0.25, 0.3) is 11.2 Å². The minimum Gasteiger partial charge on any atom is -0.480 e. The van der Waals surface area contributed by atoms with Crippen molar-refractivity contribution in [3.8, 4) is 0 Å². The Morgan fingerprint density at radius 1 is 1.19 bits per heavy atom. The number of fused-ring (bicyclic) bond motifs is 1. The number of hydrogen-bond acceptors (Lipinski definition) is 9. The first-order chi connectivity index (χ1) is 15.2. The van der Waals surface area contributed by atoms with Crippen molar-refractivity contribution >= 4 is 55.6 Å². The second-order valence-electron chi connectivity index (χ2n) is 7.02. The van der Waals surface area contributed by atoms with E-state index in [1.165, 1.54) is 18.3 Å². The normalized spacial score (nSPS) is 11.6. The summed E-state index contributed by atoms with van der Waals surface area (Å²) in [4.78, 5) is 61.3. The van der Waals surface area contributed by atoms with Crippen LogP contribution < -0.4 is 21.9 Å². The number of hydrogen-bond donors (Lipinski definition) is 5. The molecule has 2 aromatic heterocycles. The van der Waals surface area contributed by atoms with Gasteiger partial charge in [0.05, 0.1) is 18.4 Å². The molecule has 1 amide bonds. The van der Waals surface area contributed by atoms with Crippen LogP contribution in [0, 0.1) is 0 Å².